The number of carbonyl (C=O) groups excluding carboxylic acids is 1. The van der Waals surface area contributed by atoms with Gasteiger partial charge in [0.2, 0.25) is 0 Å². The molecule has 2 N–H and O–H groups in total. The lowest BCUT2D eigenvalue weighted by Crippen LogP contribution is -2.58. The van der Waals surface area contributed by atoms with Crippen molar-refractivity contribution in [3.63, 3.8) is 0 Å². The van der Waals surface area contributed by atoms with Gasteiger partial charge in [-0.25, -0.2) is 0 Å². The summed E-state index contributed by atoms with van der Waals surface area (Å²) in [6.07, 6.45) is 6.68. The van der Waals surface area contributed by atoms with Crippen molar-refractivity contribution < 1.29 is 19.7 Å². The van der Waals surface area contributed by atoms with Crippen molar-refractivity contribution in [3.05, 3.63) is 24.3 Å². The standard InChI is InChI=1S/C21H32O4/c1-6-19(2)12-13-14(10-17(19)23)20(3)8-7-9-21(4,18(24)25-5)16(20)11-15(13)22/h6,12,14-17,22-23H,1,7-11H2,2-5H3/t14-,15+,16?,17+,19+,20+,21+/m0/s1. The van der Waals surface area contributed by atoms with E-state index < -0.39 is 23.0 Å². The van der Waals surface area contributed by atoms with Crippen LogP contribution in [-0.4, -0.2) is 35.5 Å². The van der Waals surface area contributed by atoms with Gasteiger partial charge in [0.25, 0.3) is 0 Å². The Balaban J connectivity index is 2.07. The quantitative estimate of drug-likeness (QED) is 0.594. The van der Waals surface area contributed by atoms with Crippen molar-refractivity contribution in [1.29, 1.82) is 0 Å². The molecule has 3 aliphatic carbocycles. The summed E-state index contributed by atoms with van der Waals surface area (Å²) in [4.78, 5) is 12.6. The van der Waals surface area contributed by atoms with Crippen LogP contribution in [0.2, 0.25) is 0 Å². The van der Waals surface area contributed by atoms with E-state index in [2.05, 4.69) is 13.5 Å². The van der Waals surface area contributed by atoms with E-state index in [-0.39, 0.29) is 23.2 Å². The minimum absolute atomic E-state index is 0.0543. The normalized spacial score (nSPS) is 49.4. The molecule has 2 saturated carbocycles. The maximum Gasteiger partial charge on any atom is 0.311 e. The van der Waals surface area contributed by atoms with Crippen LogP contribution in [0.3, 0.4) is 0 Å². The van der Waals surface area contributed by atoms with E-state index in [0.717, 1.165) is 24.8 Å². The zero-order valence-electron chi connectivity index (χ0n) is 15.9. The van der Waals surface area contributed by atoms with Crippen LogP contribution in [0.5, 0.6) is 0 Å². The first kappa shape index (κ1) is 18.7. The van der Waals surface area contributed by atoms with E-state index in [1.54, 1.807) is 6.08 Å². The Morgan fingerprint density at radius 3 is 2.56 bits per heavy atom. The van der Waals surface area contributed by atoms with Crippen LogP contribution in [0.25, 0.3) is 0 Å². The molecule has 7 atom stereocenters. The van der Waals surface area contributed by atoms with Crippen molar-refractivity contribution in [2.45, 2.75) is 65.1 Å². The molecule has 0 radical (unpaired) electrons. The summed E-state index contributed by atoms with van der Waals surface area (Å²) >= 11 is 0. The molecule has 0 heterocycles. The minimum Gasteiger partial charge on any atom is -0.469 e. The number of carbonyl (C=O) groups is 1. The highest BCUT2D eigenvalue weighted by Gasteiger charge is 2.61. The first-order valence-corrected chi connectivity index (χ1v) is 9.43. The number of hydrogen-bond acceptors (Lipinski definition) is 4. The summed E-state index contributed by atoms with van der Waals surface area (Å²) in [5.41, 5.74) is -0.162. The molecule has 0 aromatic carbocycles. The Hall–Kier alpha value is -1.13. The van der Waals surface area contributed by atoms with Crippen LogP contribution >= 0.6 is 0 Å². The first-order valence-electron chi connectivity index (χ1n) is 9.43. The molecule has 25 heavy (non-hydrogen) atoms. The number of rotatable bonds is 2. The fraction of sp³-hybridized carbons (Fsp3) is 0.762. The van der Waals surface area contributed by atoms with Gasteiger partial charge in [-0.2, -0.15) is 0 Å². The molecular weight excluding hydrogens is 316 g/mol. The molecule has 0 aliphatic heterocycles. The maximum absolute atomic E-state index is 12.6. The third kappa shape index (κ3) is 2.52. The lowest BCUT2D eigenvalue weighted by Gasteiger charge is -2.60. The average molecular weight is 348 g/mol. The number of hydrogen-bond donors (Lipinski definition) is 2. The number of fused-ring (bicyclic) bond motifs is 3. The highest BCUT2D eigenvalue weighted by molar-refractivity contribution is 5.77. The Labute approximate surface area is 151 Å². The SMILES string of the molecule is C=C[C@]1(C)C=C2[C@H](O)CC3[C@](C)(C(=O)OC)CCC[C@]3(C)[C@H]2C[C@H]1O. The lowest BCUT2D eigenvalue weighted by molar-refractivity contribution is -0.172. The van der Waals surface area contributed by atoms with Crippen molar-refractivity contribution in [1.82, 2.24) is 0 Å². The van der Waals surface area contributed by atoms with Crippen molar-refractivity contribution in [2.75, 3.05) is 7.11 Å². The third-order valence-corrected chi connectivity index (χ3v) is 7.77. The Bertz CT molecular complexity index is 611. The van der Waals surface area contributed by atoms with Crippen molar-refractivity contribution in [2.24, 2.45) is 28.1 Å². The Kier molecular flexibility index (Phi) is 4.44. The van der Waals surface area contributed by atoms with Gasteiger partial charge in [-0.05, 0) is 55.4 Å². The van der Waals surface area contributed by atoms with E-state index in [1.165, 1.54) is 7.11 Å². The van der Waals surface area contributed by atoms with E-state index in [0.29, 0.717) is 12.8 Å². The van der Waals surface area contributed by atoms with E-state index in [9.17, 15) is 15.0 Å². The molecule has 4 nitrogen and oxygen atoms in total. The summed E-state index contributed by atoms with van der Waals surface area (Å²) in [5, 5.41) is 21.7. The third-order valence-electron chi connectivity index (χ3n) is 7.77. The monoisotopic (exact) mass is 348 g/mol. The predicted octanol–water partition coefficient (Wildman–Crippen LogP) is 3.24. The smallest absolute Gasteiger partial charge is 0.311 e. The van der Waals surface area contributed by atoms with E-state index in [4.69, 9.17) is 4.74 Å². The second-order valence-electron chi connectivity index (χ2n) is 9.09. The predicted molar refractivity (Wildman–Crippen MR) is 96.7 cm³/mol. The van der Waals surface area contributed by atoms with Crippen LogP contribution in [0.1, 0.15) is 52.9 Å². The highest BCUT2D eigenvalue weighted by atomic mass is 16.5. The molecule has 0 amide bonds. The number of aliphatic hydroxyl groups is 2. The maximum atomic E-state index is 12.6. The van der Waals surface area contributed by atoms with Crippen LogP contribution in [0.15, 0.2) is 24.3 Å². The summed E-state index contributed by atoms with van der Waals surface area (Å²) in [6, 6.07) is 0. The summed E-state index contributed by atoms with van der Waals surface area (Å²) in [5.74, 6) is -0.0254. The molecule has 4 heteroatoms. The van der Waals surface area contributed by atoms with Gasteiger partial charge in [-0.1, -0.05) is 32.4 Å². The van der Waals surface area contributed by atoms with E-state index in [1.807, 2.05) is 19.9 Å². The number of aliphatic hydroxyl groups excluding tert-OH is 2. The Morgan fingerprint density at radius 2 is 1.96 bits per heavy atom. The number of esters is 1. The zero-order chi connectivity index (χ0) is 18.6. The summed E-state index contributed by atoms with van der Waals surface area (Å²) in [6.45, 7) is 10.1. The van der Waals surface area contributed by atoms with Gasteiger partial charge in [0.05, 0.1) is 24.7 Å². The van der Waals surface area contributed by atoms with Crippen LogP contribution in [0.4, 0.5) is 0 Å². The van der Waals surface area contributed by atoms with Gasteiger partial charge in [0.1, 0.15) is 0 Å². The van der Waals surface area contributed by atoms with Gasteiger partial charge < -0.3 is 14.9 Å². The fourth-order valence-electron chi connectivity index (χ4n) is 6.04. The van der Waals surface area contributed by atoms with Crippen molar-refractivity contribution >= 4 is 5.97 Å². The highest BCUT2D eigenvalue weighted by Crippen LogP contribution is 2.64. The molecule has 140 valence electrons. The van der Waals surface area contributed by atoms with Crippen LogP contribution in [-0.2, 0) is 9.53 Å². The largest absolute Gasteiger partial charge is 0.469 e. The molecule has 3 rings (SSSR count). The second kappa shape index (κ2) is 5.95. The molecule has 0 aromatic rings. The van der Waals surface area contributed by atoms with E-state index >= 15 is 0 Å². The molecular formula is C21H32O4. The zero-order valence-corrected chi connectivity index (χ0v) is 15.9. The van der Waals surface area contributed by atoms with Gasteiger partial charge in [0.15, 0.2) is 0 Å². The molecule has 1 unspecified atom stereocenters. The topological polar surface area (TPSA) is 66.8 Å². The fourth-order valence-corrected chi connectivity index (χ4v) is 6.04. The molecule has 0 spiro atoms. The number of methoxy groups -OCH3 is 1. The molecule has 0 bridgehead atoms. The van der Waals surface area contributed by atoms with Crippen LogP contribution in [0, 0.1) is 28.1 Å². The van der Waals surface area contributed by atoms with Gasteiger partial charge in [-0.15, -0.1) is 6.58 Å². The van der Waals surface area contributed by atoms with Gasteiger partial charge >= 0.3 is 5.97 Å². The van der Waals surface area contributed by atoms with Gasteiger partial charge in [-0.3, -0.25) is 4.79 Å². The minimum atomic E-state index is -0.572. The van der Waals surface area contributed by atoms with Crippen LogP contribution < -0.4 is 0 Å². The van der Waals surface area contributed by atoms with Gasteiger partial charge in [0, 0.05) is 5.41 Å². The molecule has 2 fully saturated rings. The molecule has 3 aliphatic rings. The Morgan fingerprint density at radius 1 is 1.28 bits per heavy atom. The summed E-state index contributed by atoms with van der Waals surface area (Å²) < 4.78 is 5.13. The first-order chi connectivity index (χ1) is 11.6. The second-order valence-corrected chi connectivity index (χ2v) is 9.09. The molecule has 0 aromatic heterocycles. The average Bonchev–Trinajstić information content (AvgIpc) is 2.58. The lowest BCUT2D eigenvalue weighted by atomic mass is 9.44. The summed E-state index contributed by atoms with van der Waals surface area (Å²) in [7, 11) is 1.45. The number of ether oxygens (including phenoxy) is 1. The van der Waals surface area contributed by atoms with Crippen molar-refractivity contribution in [3.8, 4) is 0 Å². The molecule has 0 saturated heterocycles.